The van der Waals surface area contributed by atoms with Crippen LogP contribution < -0.4 is 9.47 Å². The highest BCUT2D eigenvalue weighted by atomic mass is 19.4. The van der Waals surface area contributed by atoms with Crippen LogP contribution in [0.25, 0.3) is 0 Å². The first-order valence-corrected chi connectivity index (χ1v) is 3.58. The molecule has 1 aromatic rings. The fourth-order valence-electron chi connectivity index (χ4n) is 0.655. The summed E-state index contributed by atoms with van der Waals surface area (Å²) >= 11 is 0. The van der Waals surface area contributed by atoms with Gasteiger partial charge in [0.2, 0.25) is 5.88 Å². The molecule has 0 radical (unpaired) electrons. The maximum atomic E-state index is 11.7. The fourth-order valence-corrected chi connectivity index (χ4v) is 0.655. The molecule has 0 fully saturated rings. The highest BCUT2D eigenvalue weighted by Crippen LogP contribution is 2.16. The summed E-state index contributed by atoms with van der Waals surface area (Å²) in [6.07, 6.45) is -3.15. The average molecular weight is 208 g/mol. The summed E-state index contributed by atoms with van der Waals surface area (Å²) < 4.78 is 44.1. The van der Waals surface area contributed by atoms with Gasteiger partial charge in [-0.2, -0.15) is 18.2 Å². The van der Waals surface area contributed by atoms with E-state index < -0.39 is 12.8 Å². The van der Waals surface area contributed by atoms with E-state index in [0.29, 0.717) is 0 Å². The Morgan fingerprint density at radius 2 is 2.14 bits per heavy atom. The van der Waals surface area contributed by atoms with Gasteiger partial charge >= 0.3 is 12.2 Å². The number of ether oxygens (including phenoxy) is 2. The van der Waals surface area contributed by atoms with Crippen molar-refractivity contribution in [2.24, 2.45) is 0 Å². The quantitative estimate of drug-likeness (QED) is 0.753. The van der Waals surface area contributed by atoms with E-state index in [0.717, 1.165) is 0 Å². The van der Waals surface area contributed by atoms with Gasteiger partial charge in [0, 0.05) is 12.3 Å². The second kappa shape index (κ2) is 4.12. The molecule has 0 saturated heterocycles. The third kappa shape index (κ3) is 3.46. The summed E-state index contributed by atoms with van der Waals surface area (Å²) in [5, 5.41) is 0. The molecule has 1 aromatic heterocycles. The molecule has 0 unspecified atom stereocenters. The molecule has 7 heteroatoms. The van der Waals surface area contributed by atoms with Crippen LogP contribution in [0, 0.1) is 0 Å². The number of nitrogens with zero attached hydrogens (tertiary/aromatic N) is 2. The molecular weight excluding hydrogens is 201 g/mol. The standard InChI is InChI=1S/C7H7F3N2O2/c1-13-5-2-3-11-6(12-5)14-4-7(8,9)10/h2-3H,4H2,1H3. The van der Waals surface area contributed by atoms with Crippen LogP contribution in [0.2, 0.25) is 0 Å². The lowest BCUT2D eigenvalue weighted by Crippen LogP contribution is -2.20. The second-order valence-corrected chi connectivity index (χ2v) is 2.29. The summed E-state index contributed by atoms with van der Waals surface area (Å²) in [5.41, 5.74) is 0. The van der Waals surface area contributed by atoms with Crippen molar-refractivity contribution >= 4 is 0 Å². The van der Waals surface area contributed by atoms with Gasteiger partial charge in [-0.15, -0.1) is 0 Å². The van der Waals surface area contributed by atoms with Crippen molar-refractivity contribution in [2.75, 3.05) is 13.7 Å². The summed E-state index contributed by atoms with van der Waals surface area (Å²) in [6, 6.07) is 1.04. The first-order chi connectivity index (χ1) is 6.51. The van der Waals surface area contributed by atoms with Gasteiger partial charge in [-0.05, 0) is 0 Å². The van der Waals surface area contributed by atoms with Crippen LogP contribution in [0.1, 0.15) is 0 Å². The maximum absolute atomic E-state index is 11.7. The lowest BCUT2D eigenvalue weighted by Gasteiger charge is -2.07. The predicted octanol–water partition coefficient (Wildman–Crippen LogP) is 1.43. The normalized spacial score (nSPS) is 11.1. The van der Waals surface area contributed by atoms with E-state index in [1.54, 1.807) is 0 Å². The number of rotatable bonds is 3. The Labute approximate surface area is 77.7 Å². The summed E-state index contributed by atoms with van der Waals surface area (Å²) in [7, 11) is 1.34. The number of hydrogen-bond acceptors (Lipinski definition) is 4. The van der Waals surface area contributed by atoms with Crippen molar-refractivity contribution in [2.45, 2.75) is 6.18 Å². The minimum absolute atomic E-state index is 0.150. The van der Waals surface area contributed by atoms with E-state index in [9.17, 15) is 13.2 Å². The lowest BCUT2D eigenvalue weighted by atomic mass is 10.6. The number of halogens is 3. The molecule has 1 rings (SSSR count). The van der Waals surface area contributed by atoms with Gasteiger partial charge in [0.25, 0.3) is 0 Å². The van der Waals surface area contributed by atoms with Gasteiger partial charge in [0.05, 0.1) is 7.11 Å². The molecule has 14 heavy (non-hydrogen) atoms. The lowest BCUT2D eigenvalue weighted by molar-refractivity contribution is -0.154. The predicted molar refractivity (Wildman–Crippen MR) is 40.1 cm³/mol. The highest BCUT2D eigenvalue weighted by molar-refractivity contribution is 5.10. The molecule has 0 amide bonds. The fraction of sp³-hybridized carbons (Fsp3) is 0.429. The first kappa shape index (κ1) is 10.6. The molecule has 0 bridgehead atoms. The summed E-state index contributed by atoms with van der Waals surface area (Å²) in [6.45, 7) is -1.42. The van der Waals surface area contributed by atoms with Crippen molar-refractivity contribution < 1.29 is 22.6 Å². The Bertz CT molecular complexity index is 303. The number of aromatic nitrogens is 2. The Kier molecular flexibility index (Phi) is 3.10. The SMILES string of the molecule is COc1ccnc(OCC(F)(F)F)n1. The smallest absolute Gasteiger partial charge is 0.422 e. The summed E-state index contributed by atoms with van der Waals surface area (Å²) in [4.78, 5) is 7.02. The largest absolute Gasteiger partial charge is 0.481 e. The van der Waals surface area contributed by atoms with Crippen LogP contribution in [0.15, 0.2) is 12.3 Å². The minimum Gasteiger partial charge on any atom is -0.481 e. The zero-order valence-electron chi connectivity index (χ0n) is 7.21. The van der Waals surface area contributed by atoms with E-state index in [1.165, 1.54) is 19.4 Å². The third-order valence-electron chi connectivity index (χ3n) is 1.18. The topological polar surface area (TPSA) is 44.2 Å². The van der Waals surface area contributed by atoms with Crippen LogP contribution in [0.5, 0.6) is 11.9 Å². The third-order valence-corrected chi connectivity index (χ3v) is 1.18. The average Bonchev–Trinajstić information content (AvgIpc) is 2.14. The van der Waals surface area contributed by atoms with E-state index in [-0.39, 0.29) is 11.9 Å². The number of methoxy groups -OCH3 is 1. The van der Waals surface area contributed by atoms with Crippen molar-refractivity contribution in [3.63, 3.8) is 0 Å². The molecule has 0 N–H and O–H groups in total. The van der Waals surface area contributed by atoms with Crippen molar-refractivity contribution in [1.82, 2.24) is 9.97 Å². The summed E-state index contributed by atoms with van der Waals surface area (Å²) in [5.74, 6) is 0.150. The van der Waals surface area contributed by atoms with Gasteiger partial charge in [0.1, 0.15) is 0 Å². The van der Waals surface area contributed by atoms with Gasteiger partial charge in [-0.3, -0.25) is 0 Å². The van der Waals surface area contributed by atoms with E-state index >= 15 is 0 Å². The number of hydrogen-bond donors (Lipinski definition) is 0. The van der Waals surface area contributed by atoms with Crippen LogP contribution in [0.4, 0.5) is 13.2 Å². The minimum atomic E-state index is -4.40. The molecule has 0 aliphatic heterocycles. The van der Waals surface area contributed by atoms with Crippen molar-refractivity contribution in [3.05, 3.63) is 12.3 Å². The molecule has 0 aromatic carbocycles. The molecule has 4 nitrogen and oxygen atoms in total. The van der Waals surface area contributed by atoms with E-state index in [1.807, 2.05) is 0 Å². The Morgan fingerprint density at radius 1 is 1.43 bits per heavy atom. The van der Waals surface area contributed by atoms with Gasteiger partial charge in [-0.1, -0.05) is 0 Å². The Hall–Kier alpha value is -1.53. The van der Waals surface area contributed by atoms with Crippen LogP contribution >= 0.6 is 0 Å². The molecular formula is C7H7F3N2O2. The molecule has 0 aliphatic rings. The van der Waals surface area contributed by atoms with Crippen LogP contribution in [-0.4, -0.2) is 29.9 Å². The second-order valence-electron chi connectivity index (χ2n) is 2.29. The zero-order chi connectivity index (χ0) is 10.6. The van der Waals surface area contributed by atoms with Gasteiger partial charge in [-0.25, -0.2) is 4.98 Å². The van der Waals surface area contributed by atoms with Gasteiger partial charge in [0.15, 0.2) is 6.61 Å². The van der Waals surface area contributed by atoms with Crippen molar-refractivity contribution in [1.29, 1.82) is 0 Å². The zero-order valence-corrected chi connectivity index (χ0v) is 7.21. The molecule has 78 valence electrons. The van der Waals surface area contributed by atoms with Crippen LogP contribution in [0.3, 0.4) is 0 Å². The Morgan fingerprint density at radius 3 is 2.71 bits per heavy atom. The molecule has 0 spiro atoms. The Balaban J connectivity index is 2.59. The molecule has 0 aliphatic carbocycles. The molecule has 1 heterocycles. The first-order valence-electron chi connectivity index (χ1n) is 3.58. The maximum Gasteiger partial charge on any atom is 0.422 e. The van der Waals surface area contributed by atoms with Crippen LogP contribution in [-0.2, 0) is 0 Å². The molecule has 0 atom stereocenters. The monoisotopic (exact) mass is 208 g/mol. The number of alkyl halides is 3. The van der Waals surface area contributed by atoms with Gasteiger partial charge < -0.3 is 9.47 Å². The van der Waals surface area contributed by atoms with E-state index in [4.69, 9.17) is 0 Å². The van der Waals surface area contributed by atoms with E-state index in [2.05, 4.69) is 19.4 Å². The highest BCUT2D eigenvalue weighted by Gasteiger charge is 2.28. The van der Waals surface area contributed by atoms with Crippen molar-refractivity contribution in [3.8, 4) is 11.9 Å². The molecule has 0 saturated carbocycles.